The number of nitrogens with zero attached hydrogens (tertiary/aromatic N) is 6. The number of anilines is 2. The first kappa shape index (κ1) is 18.2. The van der Waals surface area contributed by atoms with Crippen molar-refractivity contribution in [3.63, 3.8) is 0 Å². The Morgan fingerprint density at radius 3 is 2.63 bits per heavy atom. The van der Waals surface area contributed by atoms with Gasteiger partial charge in [-0.25, -0.2) is 9.97 Å². The van der Waals surface area contributed by atoms with Crippen LogP contribution in [-0.4, -0.2) is 45.5 Å². The molecule has 0 bridgehead atoms. The van der Waals surface area contributed by atoms with Crippen molar-refractivity contribution < 1.29 is 0 Å². The SMILES string of the molecule is Cc1nsc(N2CCCN(c3cncc(SCc4ccccc4)n3)CC2)n1. The largest absolute Gasteiger partial charge is 0.353 e. The van der Waals surface area contributed by atoms with Crippen molar-refractivity contribution in [3.05, 3.63) is 54.1 Å². The van der Waals surface area contributed by atoms with Crippen LogP contribution in [0.2, 0.25) is 0 Å². The molecule has 140 valence electrons. The Hall–Kier alpha value is -2.19. The molecule has 1 aliphatic heterocycles. The van der Waals surface area contributed by atoms with Gasteiger partial charge in [-0.1, -0.05) is 30.3 Å². The summed E-state index contributed by atoms with van der Waals surface area (Å²) in [6.45, 7) is 5.77. The average Bonchev–Trinajstić information content (AvgIpc) is 2.99. The molecule has 0 spiro atoms. The number of hydrogen-bond donors (Lipinski definition) is 0. The first-order valence-corrected chi connectivity index (χ1v) is 10.8. The molecule has 4 rings (SSSR count). The Kier molecular flexibility index (Phi) is 5.84. The second-order valence-electron chi connectivity index (χ2n) is 6.44. The van der Waals surface area contributed by atoms with Crippen molar-refractivity contribution in [2.45, 2.75) is 24.1 Å². The van der Waals surface area contributed by atoms with Crippen LogP contribution >= 0.6 is 23.3 Å². The molecule has 1 saturated heterocycles. The highest BCUT2D eigenvalue weighted by atomic mass is 32.2. The summed E-state index contributed by atoms with van der Waals surface area (Å²) in [6.07, 6.45) is 4.80. The quantitative estimate of drug-likeness (QED) is 0.608. The summed E-state index contributed by atoms with van der Waals surface area (Å²) in [5.41, 5.74) is 1.30. The van der Waals surface area contributed by atoms with E-state index in [0.29, 0.717) is 0 Å². The summed E-state index contributed by atoms with van der Waals surface area (Å²) in [7, 11) is 0. The minimum atomic E-state index is 0.852. The van der Waals surface area contributed by atoms with E-state index < -0.39 is 0 Å². The van der Waals surface area contributed by atoms with E-state index in [4.69, 9.17) is 4.98 Å². The minimum Gasteiger partial charge on any atom is -0.353 e. The van der Waals surface area contributed by atoms with Gasteiger partial charge in [-0.2, -0.15) is 4.37 Å². The van der Waals surface area contributed by atoms with E-state index in [-0.39, 0.29) is 0 Å². The van der Waals surface area contributed by atoms with Crippen molar-refractivity contribution in [2.24, 2.45) is 0 Å². The molecule has 0 amide bonds. The number of rotatable bonds is 5. The van der Waals surface area contributed by atoms with Gasteiger partial charge in [0.05, 0.1) is 12.4 Å². The maximum atomic E-state index is 4.84. The highest BCUT2D eigenvalue weighted by Crippen LogP contribution is 2.24. The number of aromatic nitrogens is 4. The average molecular weight is 399 g/mol. The van der Waals surface area contributed by atoms with Gasteiger partial charge in [0.15, 0.2) is 0 Å². The van der Waals surface area contributed by atoms with Gasteiger partial charge in [-0.15, -0.1) is 11.8 Å². The lowest BCUT2D eigenvalue weighted by Crippen LogP contribution is -2.31. The molecule has 0 aliphatic carbocycles. The smallest absolute Gasteiger partial charge is 0.205 e. The molecule has 3 aromatic rings. The fourth-order valence-corrected chi connectivity index (χ4v) is 4.57. The van der Waals surface area contributed by atoms with E-state index in [0.717, 1.165) is 60.2 Å². The number of benzene rings is 1. The van der Waals surface area contributed by atoms with Crippen LogP contribution in [0.4, 0.5) is 10.9 Å². The maximum Gasteiger partial charge on any atom is 0.205 e. The molecule has 27 heavy (non-hydrogen) atoms. The maximum absolute atomic E-state index is 4.84. The van der Waals surface area contributed by atoms with Gasteiger partial charge in [-0.05, 0) is 18.9 Å². The number of hydrogen-bond acceptors (Lipinski definition) is 8. The van der Waals surface area contributed by atoms with Crippen LogP contribution in [0.3, 0.4) is 0 Å². The molecule has 0 saturated carbocycles. The molecule has 6 nitrogen and oxygen atoms in total. The van der Waals surface area contributed by atoms with E-state index in [9.17, 15) is 0 Å². The summed E-state index contributed by atoms with van der Waals surface area (Å²) < 4.78 is 4.31. The van der Waals surface area contributed by atoms with Gasteiger partial charge in [0, 0.05) is 43.5 Å². The third-order valence-electron chi connectivity index (χ3n) is 4.44. The fourth-order valence-electron chi connectivity index (χ4n) is 3.04. The summed E-state index contributed by atoms with van der Waals surface area (Å²) in [5, 5.41) is 1.99. The van der Waals surface area contributed by atoms with Crippen molar-refractivity contribution in [1.29, 1.82) is 0 Å². The van der Waals surface area contributed by atoms with Crippen LogP contribution in [-0.2, 0) is 5.75 Å². The molecule has 2 aromatic heterocycles. The molecular weight excluding hydrogens is 376 g/mol. The summed E-state index contributed by atoms with van der Waals surface area (Å²) in [6, 6.07) is 10.5. The molecule has 0 unspecified atom stereocenters. The zero-order valence-corrected chi connectivity index (χ0v) is 16.9. The first-order valence-electron chi connectivity index (χ1n) is 9.07. The second kappa shape index (κ2) is 8.67. The molecular formula is C19H22N6S2. The Balaban J connectivity index is 1.39. The second-order valence-corrected chi connectivity index (χ2v) is 8.17. The standard InChI is InChI=1S/C19H22N6S2/c1-15-21-19(27-23-15)25-9-5-8-24(10-11-25)17-12-20-13-18(22-17)26-14-16-6-3-2-4-7-16/h2-4,6-7,12-13H,5,8-11,14H2,1H3. The van der Waals surface area contributed by atoms with Crippen molar-refractivity contribution >= 4 is 34.2 Å². The summed E-state index contributed by atoms with van der Waals surface area (Å²) in [5.74, 6) is 2.72. The lowest BCUT2D eigenvalue weighted by Gasteiger charge is -2.22. The predicted molar refractivity (Wildman–Crippen MR) is 112 cm³/mol. The third-order valence-corrected chi connectivity index (χ3v) is 6.27. The van der Waals surface area contributed by atoms with Gasteiger partial charge in [-0.3, -0.25) is 4.98 Å². The van der Waals surface area contributed by atoms with Gasteiger partial charge in [0.25, 0.3) is 0 Å². The van der Waals surface area contributed by atoms with Crippen LogP contribution < -0.4 is 9.80 Å². The van der Waals surface area contributed by atoms with Crippen LogP contribution in [0.5, 0.6) is 0 Å². The molecule has 1 fully saturated rings. The Morgan fingerprint density at radius 1 is 1.00 bits per heavy atom. The van der Waals surface area contributed by atoms with Crippen LogP contribution in [0, 0.1) is 6.92 Å². The molecule has 0 N–H and O–H groups in total. The van der Waals surface area contributed by atoms with Crippen molar-refractivity contribution in [1.82, 2.24) is 19.3 Å². The molecule has 1 aromatic carbocycles. The molecule has 0 radical (unpaired) electrons. The lowest BCUT2D eigenvalue weighted by atomic mass is 10.2. The number of thioether (sulfide) groups is 1. The van der Waals surface area contributed by atoms with Crippen LogP contribution in [0.25, 0.3) is 0 Å². The fraction of sp³-hybridized carbons (Fsp3) is 0.368. The Bertz CT molecular complexity index is 869. The topological polar surface area (TPSA) is 58.0 Å². The highest BCUT2D eigenvalue weighted by molar-refractivity contribution is 7.98. The van der Waals surface area contributed by atoms with Gasteiger partial charge >= 0.3 is 0 Å². The van der Waals surface area contributed by atoms with Crippen LogP contribution in [0.15, 0.2) is 47.8 Å². The van der Waals surface area contributed by atoms with E-state index in [1.165, 1.54) is 17.1 Å². The highest BCUT2D eigenvalue weighted by Gasteiger charge is 2.19. The monoisotopic (exact) mass is 398 g/mol. The summed E-state index contributed by atoms with van der Waals surface area (Å²) >= 11 is 3.21. The lowest BCUT2D eigenvalue weighted by molar-refractivity contribution is 0.787. The molecule has 1 aliphatic rings. The predicted octanol–water partition coefficient (Wildman–Crippen LogP) is 3.65. The normalized spacial score (nSPS) is 15.0. The van der Waals surface area contributed by atoms with E-state index in [1.54, 1.807) is 11.8 Å². The van der Waals surface area contributed by atoms with Crippen molar-refractivity contribution in [2.75, 3.05) is 36.0 Å². The molecule has 3 heterocycles. The van der Waals surface area contributed by atoms with Crippen molar-refractivity contribution in [3.8, 4) is 0 Å². The minimum absolute atomic E-state index is 0.852. The van der Waals surface area contributed by atoms with Gasteiger partial charge < -0.3 is 9.80 Å². The van der Waals surface area contributed by atoms with Crippen LogP contribution in [0.1, 0.15) is 17.8 Å². The number of aryl methyl sites for hydroxylation is 1. The van der Waals surface area contributed by atoms with Gasteiger partial charge in [0.1, 0.15) is 16.7 Å². The van der Waals surface area contributed by atoms with E-state index in [2.05, 4.69) is 48.4 Å². The zero-order valence-electron chi connectivity index (χ0n) is 15.3. The third kappa shape index (κ3) is 4.75. The zero-order chi connectivity index (χ0) is 18.5. The Labute approximate surface area is 167 Å². The van der Waals surface area contributed by atoms with E-state index >= 15 is 0 Å². The van der Waals surface area contributed by atoms with E-state index in [1.807, 2.05) is 25.4 Å². The Morgan fingerprint density at radius 2 is 1.81 bits per heavy atom. The summed E-state index contributed by atoms with van der Waals surface area (Å²) in [4.78, 5) is 18.4. The molecule has 8 heteroatoms. The van der Waals surface area contributed by atoms with Gasteiger partial charge in [0.2, 0.25) is 5.13 Å². The first-order chi connectivity index (χ1) is 13.3. The molecule has 0 atom stereocenters.